The predicted octanol–water partition coefficient (Wildman–Crippen LogP) is 4.14. The van der Waals surface area contributed by atoms with Crippen molar-refractivity contribution in [2.45, 2.75) is 65.3 Å². The molecule has 1 heterocycles. The second kappa shape index (κ2) is 9.20. The molecule has 1 fully saturated rings. The summed E-state index contributed by atoms with van der Waals surface area (Å²) in [5.74, 6) is 0. The van der Waals surface area contributed by atoms with E-state index in [0.29, 0.717) is 33.0 Å². The van der Waals surface area contributed by atoms with Crippen molar-refractivity contribution in [3.8, 4) is 0 Å². The highest BCUT2D eigenvalue weighted by Crippen LogP contribution is 2.21. The zero-order valence-electron chi connectivity index (χ0n) is 15.9. The Kier molecular flexibility index (Phi) is 7.26. The van der Waals surface area contributed by atoms with Gasteiger partial charge in [0.05, 0.1) is 6.61 Å². The smallest absolute Gasteiger partial charge is 0.410 e. The molecule has 0 aliphatic carbocycles. The highest BCUT2D eigenvalue weighted by Gasteiger charge is 2.29. The van der Waals surface area contributed by atoms with Crippen LogP contribution in [0.4, 0.5) is 4.79 Å². The summed E-state index contributed by atoms with van der Waals surface area (Å²) < 4.78 is 16.5. The SMILES string of the molecule is CCOCc1ccc(CN(C(=O)OC(C)(C)C)C2CCOCC2)cc1. The van der Waals surface area contributed by atoms with Gasteiger partial charge in [-0.15, -0.1) is 0 Å². The number of carbonyl (C=O) groups is 1. The van der Waals surface area contributed by atoms with Crippen LogP contribution in [0.1, 0.15) is 51.7 Å². The largest absolute Gasteiger partial charge is 0.444 e. The lowest BCUT2D eigenvalue weighted by molar-refractivity contribution is -0.00808. The molecule has 1 aliphatic heterocycles. The average molecular weight is 349 g/mol. The Balaban J connectivity index is 2.07. The molecule has 0 unspecified atom stereocenters. The van der Waals surface area contributed by atoms with Crippen LogP contribution in [-0.4, -0.2) is 42.5 Å². The topological polar surface area (TPSA) is 48.0 Å². The number of nitrogens with zero attached hydrogens (tertiary/aromatic N) is 1. The van der Waals surface area contributed by atoms with Gasteiger partial charge in [0.15, 0.2) is 0 Å². The van der Waals surface area contributed by atoms with Gasteiger partial charge in [-0.25, -0.2) is 4.79 Å². The van der Waals surface area contributed by atoms with Crippen LogP contribution in [0.3, 0.4) is 0 Å². The van der Waals surface area contributed by atoms with E-state index in [9.17, 15) is 4.79 Å². The van der Waals surface area contributed by atoms with Gasteiger partial charge in [-0.2, -0.15) is 0 Å². The van der Waals surface area contributed by atoms with Crippen LogP contribution in [0.5, 0.6) is 0 Å². The molecule has 0 aromatic heterocycles. The summed E-state index contributed by atoms with van der Waals surface area (Å²) in [5.41, 5.74) is 1.74. The van der Waals surface area contributed by atoms with Gasteiger partial charge in [-0.1, -0.05) is 24.3 Å². The van der Waals surface area contributed by atoms with Gasteiger partial charge in [-0.3, -0.25) is 0 Å². The molecule has 2 rings (SSSR count). The van der Waals surface area contributed by atoms with Gasteiger partial charge < -0.3 is 19.1 Å². The Morgan fingerprint density at radius 2 is 1.76 bits per heavy atom. The van der Waals surface area contributed by atoms with Crippen LogP contribution in [-0.2, 0) is 27.4 Å². The molecular formula is C20H31NO4. The maximum absolute atomic E-state index is 12.7. The van der Waals surface area contributed by atoms with Crippen LogP contribution in [0.15, 0.2) is 24.3 Å². The molecular weight excluding hydrogens is 318 g/mol. The molecule has 5 nitrogen and oxygen atoms in total. The van der Waals surface area contributed by atoms with Crippen molar-refractivity contribution in [2.75, 3.05) is 19.8 Å². The van der Waals surface area contributed by atoms with E-state index in [4.69, 9.17) is 14.2 Å². The molecule has 0 atom stereocenters. The molecule has 1 saturated heterocycles. The van der Waals surface area contributed by atoms with E-state index in [0.717, 1.165) is 24.0 Å². The van der Waals surface area contributed by atoms with Gasteiger partial charge in [0.1, 0.15) is 5.60 Å². The highest BCUT2D eigenvalue weighted by atomic mass is 16.6. The molecule has 0 saturated carbocycles. The zero-order valence-corrected chi connectivity index (χ0v) is 15.9. The molecule has 0 N–H and O–H groups in total. The van der Waals surface area contributed by atoms with E-state index in [2.05, 4.69) is 24.3 Å². The third kappa shape index (κ3) is 6.67. The van der Waals surface area contributed by atoms with E-state index >= 15 is 0 Å². The molecule has 1 aromatic carbocycles. The number of rotatable bonds is 6. The van der Waals surface area contributed by atoms with Crippen molar-refractivity contribution >= 4 is 6.09 Å². The molecule has 25 heavy (non-hydrogen) atoms. The van der Waals surface area contributed by atoms with Crippen LogP contribution >= 0.6 is 0 Å². The molecule has 0 spiro atoms. The first-order valence-corrected chi connectivity index (χ1v) is 9.12. The van der Waals surface area contributed by atoms with E-state index in [1.54, 1.807) is 0 Å². The van der Waals surface area contributed by atoms with Crippen molar-refractivity contribution in [3.05, 3.63) is 35.4 Å². The molecule has 0 radical (unpaired) electrons. The number of benzene rings is 1. The summed E-state index contributed by atoms with van der Waals surface area (Å²) in [6.45, 7) is 10.9. The summed E-state index contributed by atoms with van der Waals surface area (Å²) in [6, 6.07) is 8.40. The lowest BCUT2D eigenvalue weighted by Gasteiger charge is -2.35. The van der Waals surface area contributed by atoms with Gasteiger partial charge >= 0.3 is 6.09 Å². The Morgan fingerprint density at radius 3 is 2.32 bits per heavy atom. The third-order valence-corrected chi connectivity index (χ3v) is 4.11. The lowest BCUT2D eigenvalue weighted by atomic mass is 10.1. The zero-order chi connectivity index (χ0) is 18.3. The summed E-state index contributed by atoms with van der Waals surface area (Å²) in [5, 5.41) is 0. The minimum absolute atomic E-state index is 0.159. The van der Waals surface area contributed by atoms with E-state index < -0.39 is 5.60 Å². The second-order valence-corrected chi connectivity index (χ2v) is 7.41. The molecule has 1 aromatic rings. The Hall–Kier alpha value is -1.59. The first kappa shape index (κ1) is 19.7. The average Bonchev–Trinajstić information content (AvgIpc) is 2.58. The molecule has 5 heteroatoms. The number of ether oxygens (including phenoxy) is 3. The summed E-state index contributed by atoms with van der Waals surface area (Å²) >= 11 is 0. The maximum Gasteiger partial charge on any atom is 0.410 e. The summed E-state index contributed by atoms with van der Waals surface area (Å²) in [6.07, 6.45) is 1.45. The molecule has 1 amide bonds. The van der Waals surface area contributed by atoms with Crippen molar-refractivity contribution < 1.29 is 19.0 Å². The van der Waals surface area contributed by atoms with Gasteiger partial charge in [0.25, 0.3) is 0 Å². The molecule has 1 aliphatic rings. The monoisotopic (exact) mass is 349 g/mol. The standard InChI is InChI=1S/C20H31NO4/c1-5-23-15-17-8-6-16(7-9-17)14-21(18-10-12-24-13-11-18)19(22)25-20(2,3)4/h6-9,18H,5,10-15H2,1-4H3. The number of amides is 1. The van der Waals surface area contributed by atoms with E-state index in [-0.39, 0.29) is 12.1 Å². The van der Waals surface area contributed by atoms with Crippen molar-refractivity contribution in [2.24, 2.45) is 0 Å². The Labute approximate surface area is 151 Å². The van der Waals surface area contributed by atoms with Crippen molar-refractivity contribution in [3.63, 3.8) is 0 Å². The Bertz CT molecular complexity index is 530. The van der Waals surface area contributed by atoms with Crippen molar-refractivity contribution in [1.82, 2.24) is 4.90 Å². The minimum Gasteiger partial charge on any atom is -0.444 e. The van der Waals surface area contributed by atoms with Gasteiger partial charge in [-0.05, 0) is 51.7 Å². The van der Waals surface area contributed by atoms with E-state index in [1.165, 1.54) is 0 Å². The van der Waals surface area contributed by atoms with Gasteiger partial charge in [0.2, 0.25) is 0 Å². The fourth-order valence-corrected chi connectivity index (χ4v) is 2.82. The number of hydrogen-bond donors (Lipinski definition) is 0. The number of hydrogen-bond acceptors (Lipinski definition) is 4. The molecule has 140 valence electrons. The number of carbonyl (C=O) groups excluding carboxylic acids is 1. The Morgan fingerprint density at radius 1 is 1.16 bits per heavy atom. The fourth-order valence-electron chi connectivity index (χ4n) is 2.82. The first-order valence-electron chi connectivity index (χ1n) is 9.12. The van der Waals surface area contributed by atoms with Crippen LogP contribution < -0.4 is 0 Å². The minimum atomic E-state index is -0.498. The van der Waals surface area contributed by atoms with E-state index in [1.807, 2.05) is 32.6 Å². The maximum atomic E-state index is 12.7. The molecule has 0 bridgehead atoms. The normalized spacial score (nSPS) is 15.8. The predicted molar refractivity (Wildman–Crippen MR) is 97.4 cm³/mol. The van der Waals surface area contributed by atoms with Crippen LogP contribution in [0, 0.1) is 0 Å². The van der Waals surface area contributed by atoms with Gasteiger partial charge in [0, 0.05) is 32.4 Å². The lowest BCUT2D eigenvalue weighted by Crippen LogP contribution is -2.45. The van der Waals surface area contributed by atoms with Crippen LogP contribution in [0.2, 0.25) is 0 Å². The van der Waals surface area contributed by atoms with Crippen LogP contribution in [0.25, 0.3) is 0 Å². The highest BCUT2D eigenvalue weighted by molar-refractivity contribution is 5.68. The second-order valence-electron chi connectivity index (χ2n) is 7.41. The fraction of sp³-hybridized carbons (Fsp3) is 0.650. The summed E-state index contributed by atoms with van der Waals surface area (Å²) in [4.78, 5) is 14.6. The third-order valence-electron chi connectivity index (χ3n) is 4.11. The first-order chi connectivity index (χ1) is 11.9. The van der Waals surface area contributed by atoms with Crippen molar-refractivity contribution in [1.29, 1.82) is 0 Å². The quantitative estimate of drug-likeness (QED) is 0.774. The summed E-state index contributed by atoms with van der Waals surface area (Å²) in [7, 11) is 0.